The van der Waals surface area contributed by atoms with Gasteiger partial charge in [0.25, 0.3) is 5.91 Å². The van der Waals surface area contributed by atoms with Gasteiger partial charge in [0.2, 0.25) is 0 Å². The van der Waals surface area contributed by atoms with E-state index in [4.69, 9.17) is 22.4 Å². The predicted molar refractivity (Wildman–Crippen MR) is 65.0 cm³/mol. The number of hydrogen-bond acceptors (Lipinski definition) is 3. The normalized spacial score (nSPS) is 11.9. The maximum absolute atomic E-state index is 11.7. The molecule has 0 spiro atoms. The van der Waals surface area contributed by atoms with E-state index in [9.17, 15) is 9.59 Å². The average Bonchev–Trinajstić information content (AvgIpc) is 2.23. The molecule has 0 unspecified atom stereocenters. The molecule has 0 aliphatic carbocycles. The Kier molecular flexibility index (Phi) is 4.34. The van der Waals surface area contributed by atoms with Crippen molar-refractivity contribution in [3.05, 3.63) is 28.8 Å². The summed E-state index contributed by atoms with van der Waals surface area (Å²) in [5.41, 5.74) is 6.14. The first kappa shape index (κ1) is 13.3. The summed E-state index contributed by atoms with van der Waals surface area (Å²) in [4.78, 5) is 22.5. The minimum absolute atomic E-state index is 0.245. The van der Waals surface area contributed by atoms with Crippen LogP contribution in [0.3, 0.4) is 0 Å². The number of nitrogens with two attached hydrogens (primary N) is 1. The van der Waals surface area contributed by atoms with Crippen molar-refractivity contribution in [2.45, 2.75) is 19.4 Å². The van der Waals surface area contributed by atoms with Crippen LogP contribution >= 0.6 is 11.6 Å². The molecule has 1 atom stereocenters. The number of anilines is 1. The van der Waals surface area contributed by atoms with Gasteiger partial charge in [-0.3, -0.25) is 4.79 Å². The molecule has 0 aromatic heterocycles. The Balaban J connectivity index is 2.86. The summed E-state index contributed by atoms with van der Waals surface area (Å²) in [6.07, 6.45) is 0.303. The number of amides is 1. The van der Waals surface area contributed by atoms with Crippen LogP contribution in [0.5, 0.6) is 0 Å². The first-order chi connectivity index (χ1) is 7.93. The lowest BCUT2D eigenvalue weighted by Gasteiger charge is -2.12. The number of rotatable bonds is 4. The molecule has 0 aliphatic heterocycles. The molecule has 1 aromatic carbocycles. The number of carboxylic acid groups (broad SMARTS) is 1. The largest absolute Gasteiger partial charge is 0.480 e. The summed E-state index contributed by atoms with van der Waals surface area (Å²) in [7, 11) is 0. The molecule has 1 rings (SSSR count). The molecule has 92 valence electrons. The Morgan fingerprint density at radius 1 is 1.47 bits per heavy atom. The van der Waals surface area contributed by atoms with Crippen molar-refractivity contribution < 1.29 is 14.7 Å². The quantitative estimate of drug-likeness (QED) is 0.712. The number of nitrogens with one attached hydrogen (secondary N) is 1. The van der Waals surface area contributed by atoms with Crippen LogP contribution < -0.4 is 11.1 Å². The lowest BCUT2D eigenvalue weighted by atomic mass is 10.1. The predicted octanol–water partition coefficient (Wildman–Crippen LogP) is 1.52. The van der Waals surface area contributed by atoms with Crippen molar-refractivity contribution in [2.24, 2.45) is 0 Å². The first-order valence-corrected chi connectivity index (χ1v) is 5.41. The number of carbonyl (C=O) groups is 2. The summed E-state index contributed by atoms with van der Waals surface area (Å²) in [5.74, 6) is -1.58. The molecule has 0 saturated carbocycles. The van der Waals surface area contributed by atoms with Gasteiger partial charge in [0, 0.05) is 16.3 Å². The molecule has 0 bridgehead atoms. The fraction of sp³-hybridized carbons (Fsp3) is 0.273. The van der Waals surface area contributed by atoms with E-state index in [0.717, 1.165) is 0 Å². The van der Waals surface area contributed by atoms with Crippen molar-refractivity contribution in [2.75, 3.05) is 5.73 Å². The molecular formula is C11H13ClN2O3. The van der Waals surface area contributed by atoms with E-state index in [0.29, 0.717) is 17.1 Å². The number of nitrogen functional groups attached to an aromatic ring is 1. The zero-order valence-electron chi connectivity index (χ0n) is 9.24. The molecule has 1 amide bonds. The third kappa shape index (κ3) is 3.64. The fourth-order valence-corrected chi connectivity index (χ4v) is 1.57. The lowest BCUT2D eigenvalue weighted by Crippen LogP contribution is -2.40. The molecule has 17 heavy (non-hydrogen) atoms. The minimum atomic E-state index is -1.07. The summed E-state index contributed by atoms with van der Waals surface area (Å²) in [5, 5.41) is 11.5. The molecule has 5 nitrogen and oxygen atoms in total. The smallest absolute Gasteiger partial charge is 0.326 e. The van der Waals surface area contributed by atoms with Crippen molar-refractivity contribution >= 4 is 29.2 Å². The summed E-state index contributed by atoms with van der Waals surface area (Å²) < 4.78 is 0. The highest BCUT2D eigenvalue weighted by Crippen LogP contribution is 2.16. The Hall–Kier alpha value is -1.75. The SMILES string of the molecule is CC[C@@H](NC(=O)c1cc(N)cc(Cl)c1)C(=O)O. The van der Waals surface area contributed by atoms with Crippen LogP contribution in [0.25, 0.3) is 0 Å². The van der Waals surface area contributed by atoms with Crippen molar-refractivity contribution in [3.63, 3.8) is 0 Å². The third-order valence-corrected chi connectivity index (χ3v) is 2.41. The highest BCUT2D eigenvalue weighted by molar-refractivity contribution is 6.31. The van der Waals surface area contributed by atoms with E-state index in [1.807, 2.05) is 0 Å². The Labute approximate surface area is 104 Å². The van der Waals surface area contributed by atoms with Crippen LogP contribution in [0, 0.1) is 0 Å². The Bertz CT molecular complexity index is 428. The van der Waals surface area contributed by atoms with Crippen molar-refractivity contribution in [1.29, 1.82) is 0 Å². The molecule has 4 N–H and O–H groups in total. The number of benzene rings is 1. The van der Waals surface area contributed by atoms with E-state index in [2.05, 4.69) is 5.32 Å². The van der Waals surface area contributed by atoms with Gasteiger partial charge in [-0.1, -0.05) is 18.5 Å². The van der Waals surface area contributed by atoms with E-state index < -0.39 is 17.9 Å². The van der Waals surface area contributed by atoms with E-state index in [1.165, 1.54) is 18.2 Å². The maximum atomic E-state index is 11.7. The van der Waals surface area contributed by atoms with Gasteiger partial charge in [0.05, 0.1) is 0 Å². The minimum Gasteiger partial charge on any atom is -0.480 e. The topological polar surface area (TPSA) is 92.4 Å². The molecule has 0 radical (unpaired) electrons. The van der Waals surface area contributed by atoms with Crippen LogP contribution in [0.15, 0.2) is 18.2 Å². The molecule has 0 aliphatic rings. The number of aliphatic carboxylic acids is 1. The van der Waals surface area contributed by atoms with Gasteiger partial charge in [-0.2, -0.15) is 0 Å². The van der Waals surface area contributed by atoms with Crippen LogP contribution in [0.4, 0.5) is 5.69 Å². The van der Waals surface area contributed by atoms with Gasteiger partial charge >= 0.3 is 5.97 Å². The van der Waals surface area contributed by atoms with Gasteiger partial charge in [-0.25, -0.2) is 4.79 Å². The maximum Gasteiger partial charge on any atom is 0.326 e. The van der Waals surface area contributed by atoms with Crippen molar-refractivity contribution in [1.82, 2.24) is 5.32 Å². The van der Waals surface area contributed by atoms with Gasteiger partial charge in [-0.15, -0.1) is 0 Å². The average molecular weight is 257 g/mol. The second kappa shape index (κ2) is 5.54. The molecule has 0 saturated heterocycles. The van der Waals surface area contributed by atoms with Gasteiger partial charge in [0.15, 0.2) is 0 Å². The monoisotopic (exact) mass is 256 g/mol. The number of halogens is 1. The summed E-state index contributed by atoms with van der Waals surface area (Å²) in [6.45, 7) is 1.67. The fourth-order valence-electron chi connectivity index (χ4n) is 1.32. The van der Waals surface area contributed by atoms with E-state index in [-0.39, 0.29) is 5.56 Å². The third-order valence-electron chi connectivity index (χ3n) is 2.19. The second-order valence-corrected chi connectivity index (χ2v) is 3.98. The zero-order chi connectivity index (χ0) is 13.0. The zero-order valence-corrected chi connectivity index (χ0v) is 9.99. The van der Waals surface area contributed by atoms with Crippen LogP contribution in [-0.4, -0.2) is 23.0 Å². The van der Waals surface area contributed by atoms with Gasteiger partial charge in [0.1, 0.15) is 6.04 Å². The molecule has 1 aromatic rings. The van der Waals surface area contributed by atoms with Crippen LogP contribution in [0.2, 0.25) is 5.02 Å². The Morgan fingerprint density at radius 2 is 2.12 bits per heavy atom. The Morgan fingerprint density at radius 3 is 2.59 bits per heavy atom. The van der Waals surface area contributed by atoms with E-state index >= 15 is 0 Å². The number of carboxylic acids is 1. The van der Waals surface area contributed by atoms with Gasteiger partial charge in [-0.05, 0) is 24.6 Å². The highest BCUT2D eigenvalue weighted by atomic mass is 35.5. The van der Waals surface area contributed by atoms with Crippen LogP contribution in [-0.2, 0) is 4.79 Å². The standard InChI is InChI=1S/C11H13ClN2O3/c1-2-9(11(16)17)14-10(15)6-3-7(12)5-8(13)4-6/h3-5,9H,2,13H2,1H3,(H,14,15)(H,16,17)/t9-/m1/s1. The van der Waals surface area contributed by atoms with Gasteiger partial charge < -0.3 is 16.2 Å². The van der Waals surface area contributed by atoms with Crippen LogP contribution in [0.1, 0.15) is 23.7 Å². The molecule has 0 heterocycles. The number of hydrogen-bond donors (Lipinski definition) is 3. The number of carbonyl (C=O) groups excluding carboxylic acids is 1. The highest BCUT2D eigenvalue weighted by Gasteiger charge is 2.18. The summed E-state index contributed by atoms with van der Waals surface area (Å²) >= 11 is 5.75. The summed E-state index contributed by atoms with van der Waals surface area (Å²) in [6, 6.07) is 3.47. The second-order valence-electron chi connectivity index (χ2n) is 3.55. The molecule has 0 fully saturated rings. The lowest BCUT2D eigenvalue weighted by molar-refractivity contribution is -0.139. The first-order valence-electron chi connectivity index (χ1n) is 5.03. The van der Waals surface area contributed by atoms with E-state index in [1.54, 1.807) is 6.92 Å². The molecular weight excluding hydrogens is 244 g/mol. The van der Waals surface area contributed by atoms with Crippen molar-refractivity contribution in [3.8, 4) is 0 Å². The molecule has 6 heteroatoms.